The lowest BCUT2D eigenvalue weighted by Crippen LogP contribution is -2.24. The average Bonchev–Trinajstić information content (AvgIpc) is 2.67. The number of nitrogens with one attached hydrogen (secondary N) is 1. The SMILES string of the molecule is CCc1nn(C)c(CN2CCCNc3ccccc32)c1Br. The first-order chi connectivity index (χ1) is 10.2. The van der Waals surface area contributed by atoms with Crippen molar-refractivity contribution in [3.63, 3.8) is 0 Å². The number of aromatic nitrogens is 2. The lowest BCUT2D eigenvalue weighted by atomic mass is 10.2. The molecule has 0 fully saturated rings. The Hall–Kier alpha value is -1.49. The van der Waals surface area contributed by atoms with Gasteiger partial charge >= 0.3 is 0 Å². The van der Waals surface area contributed by atoms with E-state index in [-0.39, 0.29) is 0 Å². The second-order valence-electron chi connectivity index (χ2n) is 5.40. The zero-order valence-electron chi connectivity index (χ0n) is 12.6. The van der Waals surface area contributed by atoms with E-state index in [1.54, 1.807) is 0 Å². The zero-order chi connectivity index (χ0) is 14.8. The van der Waals surface area contributed by atoms with Crippen molar-refractivity contribution in [3.8, 4) is 0 Å². The quantitative estimate of drug-likeness (QED) is 0.920. The van der Waals surface area contributed by atoms with Crippen LogP contribution in [0, 0.1) is 0 Å². The molecule has 1 aliphatic heterocycles. The molecule has 1 N–H and O–H groups in total. The van der Waals surface area contributed by atoms with Crippen molar-refractivity contribution in [1.82, 2.24) is 9.78 Å². The van der Waals surface area contributed by atoms with Crippen LogP contribution in [0.2, 0.25) is 0 Å². The molecule has 5 heteroatoms. The number of fused-ring (bicyclic) bond motifs is 1. The van der Waals surface area contributed by atoms with E-state index >= 15 is 0 Å². The molecule has 21 heavy (non-hydrogen) atoms. The summed E-state index contributed by atoms with van der Waals surface area (Å²) < 4.78 is 3.16. The van der Waals surface area contributed by atoms with E-state index in [0.29, 0.717) is 0 Å². The van der Waals surface area contributed by atoms with Crippen LogP contribution in [0.3, 0.4) is 0 Å². The number of halogens is 1. The maximum atomic E-state index is 4.60. The van der Waals surface area contributed by atoms with E-state index in [9.17, 15) is 0 Å². The molecule has 0 spiro atoms. The Bertz CT molecular complexity index is 635. The zero-order valence-corrected chi connectivity index (χ0v) is 14.2. The highest BCUT2D eigenvalue weighted by molar-refractivity contribution is 9.10. The Morgan fingerprint density at radius 3 is 2.90 bits per heavy atom. The molecule has 112 valence electrons. The third kappa shape index (κ3) is 2.79. The van der Waals surface area contributed by atoms with E-state index in [1.807, 2.05) is 11.7 Å². The largest absolute Gasteiger partial charge is 0.383 e. The summed E-state index contributed by atoms with van der Waals surface area (Å²) in [4.78, 5) is 2.44. The molecule has 4 nitrogen and oxygen atoms in total. The van der Waals surface area contributed by atoms with Gasteiger partial charge in [-0.2, -0.15) is 5.10 Å². The summed E-state index contributed by atoms with van der Waals surface area (Å²) in [6.45, 7) is 5.11. The molecule has 0 bridgehead atoms. The number of aryl methyl sites for hydroxylation is 2. The first-order valence-corrected chi connectivity index (χ1v) is 8.28. The van der Waals surface area contributed by atoms with Gasteiger partial charge in [0.05, 0.1) is 33.8 Å². The van der Waals surface area contributed by atoms with Gasteiger partial charge in [0.2, 0.25) is 0 Å². The third-order valence-corrected chi connectivity index (χ3v) is 4.92. The monoisotopic (exact) mass is 348 g/mol. The first-order valence-electron chi connectivity index (χ1n) is 7.48. The lowest BCUT2D eigenvalue weighted by Gasteiger charge is -2.24. The first kappa shape index (κ1) is 14.4. The molecule has 1 aliphatic rings. The molecule has 0 radical (unpaired) electrons. The van der Waals surface area contributed by atoms with Crippen molar-refractivity contribution in [1.29, 1.82) is 0 Å². The van der Waals surface area contributed by atoms with Gasteiger partial charge in [0.25, 0.3) is 0 Å². The Morgan fingerprint density at radius 2 is 2.14 bits per heavy atom. The molecule has 3 rings (SSSR count). The summed E-state index contributed by atoms with van der Waals surface area (Å²) in [7, 11) is 2.03. The van der Waals surface area contributed by atoms with Gasteiger partial charge in [-0.05, 0) is 40.9 Å². The Balaban J connectivity index is 1.93. The number of hydrogen-bond donors (Lipinski definition) is 1. The van der Waals surface area contributed by atoms with Crippen molar-refractivity contribution in [2.24, 2.45) is 7.05 Å². The summed E-state index contributed by atoms with van der Waals surface area (Å²) in [5.41, 5.74) is 4.88. The number of rotatable bonds is 3. The predicted molar refractivity (Wildman–Crippen MR) is 90.9 cm³/mol. The molecule has 1 aromatic heterocycles. The fraction of sp³-hybridized carbons (Fsp3) is 0.438. The van der Waals surface area contributed by atoms with Gasteiger partial charge < -0.3 is 10.2 Å². The van der Waals surface area contributed by atoms with E-state index < -0.39 is 0 Å². The minimum absolute atomic E-state index is 0.878. The van der Waals surface area contributed by atoms with Crippen molar-refractivity contribution in [2.75, 3.05) is 23.3 Å². The number of hydrogen-bond acceptors (Lipinski definition) is 3. The summed E-state index contributed by atoms with van der Waals surface area (Å²) >= 11 is 3.72. The van der Waals surface area contributed by atoms with Crippen LogP contribution in [0.4, 0.5) is 11.4 Å². The summed E-state index contributed by atoms with van der Waals surface area (Å²) in [5, 5.41) is 8.11. The van der Waals surface area contributed by atoms with Gasteiger partial charge in [-0.25, -0.2) is 0 Å². The minimum Gasteiger partial charge on any atom is -0.383 e. The molecule has 0 aliphatic carbocycles. The van der Waals surface area contributed by atoms with Crippen LogP contribution in [0.25, 0.3) is 0 Å². The topological polar surface area (TPSA) is 33.1 Å². The standard InChI is InChI=1S/C16H21BrN4/c1-3-12-16(17)15(20(2)19-12)11-21-10-6-9-18-13-7-4-5-8-14(13)21/h4-5,7-8,18H,3,6,9-11H2,1-2H3. The highest BCUT2D eigenvalue weighted by Crippen LogP contribution is 2.31. The smallest absolute Gasteiger partial charge is 0.0767 e. The van der Waals surface area contributed by atoms with E-state index in [4.69, 9.17) is 0 Å². The number of anilines is 2. The number of nitrogens with zero attached hydrogens (tertiary/aromatic N) is 3. The van der Waals surface area contributed by atoms with Crippen LogP contribution in [-0.2, 0) is 20.0 Å². The van der Waals surface area contributed by atoms with E-state index in [1.165, 1.54) is 17.1 Å². The fourth-order valence-electron chi connectivity index (χ4n) is 2.85. The molecule has 0 saturated heterocycles. The number of para-hydroxylation sites is 2. The highest BCUT2D eigenvalue weighted by Gasteiger charge is 2.19. The van der Waals surface area contributed by atoms with Crippen LogP contribution >= 0.6 is 15.9 Å². The number of benzene rings is 1. The van der Waals surface area contributed by atoms with Crippen molar-refractivity contribution in [2.45, 2.75) is 26.3 Å². The molecule has 0 amide bonds. The Morgan fingerprint density at radius 1 is 1.33 bits per heavy atom. The van der Waals surface area contributed by atoms with Crippen molar-refractivity contribution in [3.05, 3.63) is 40.1 Å². The van der Waals surface area contributed by atoms with Gasteiger partial charge in [-0.3, -0.25) is 4.68 Å². The van der Waals surface area contributed by atoms with E-state index in [0.717, 1.165) is 42.6 Å². The molecule has 0 saturated carbocycles. The normalized spacial score (nSPS) is 14.5. The van der Waals surface area contributed by atoms with Crippen LogP contribution in [0.15, 0.2) is 28.7 Å². The summed E-state index contributed by atoms with van der Waals surface area (Å²) in [6.07, 6.45) is 2.09. The summed E-state index contributed by atoms with van der Waals surface area (Å²) in [5.74, 6) is 0. The second-order valence-corrected chi connectivity index (χ2v) is 6.20. The van der Waals surface area contributed by atoms with Crippen LogP contribution < -0.4 is 10.2 Å². The minimum atomic E-state index is 0.878. The Labute approximate surface area is 134 Å². The molecule has 2 heterocycles. The second kappa shape index (κ2) is 6.10. The maximum absolute atomic E-state index is 4.60. The molecular weight excluding hydrogens is 328 g/mol. The molecule has 0 atom stereocenters. The molecular formula is C16H21BrN4. The van der Waals surface area contributed by atoms with Gasteiger partial charge in [0.1, 0.15) is 0 Å². The average molecular weight is 349 g/mol. The highest BCUT2D eigenvalue weighted by atomic mass is 79.9. The van der Waals surface area contributed by atoms with Crippen LogP contribution in [0.1, 0.15) is 24.7 Å². The third-order valence-electron chi connectivity index (χ3n) is 4.01. The molecule has 1 aromatic carbocycles. The van der Waals surface area contributed by atoms with Gasteiger partial charge in [0, 0.05) is 20.1 Å². The van der Waals surface area contributed by atoms with Crippen LogP contribution in [0.5, 0.6) is 0 Å². The van der Waals surface area contributed by atoms with Crippen molar-refractivity contribution >= 4 is 27.3 Å². The fourth-order valence-corrected chi connectivity index (χ4v) is 3.59. The van der Waals surface area contributed by atoms with Gasteiger partial charge in [0.15, 0.2) is 0 Å². The molecule has 0 unspecified atom stereocenters. The van der Waals surface area contributed by atoms with E-state index in [2.05, 4.69) is 62.4 Å². The van der Waals surface area contributed by atoms with Gasteiger partial charge in [-0.15, -0.1) is 0 Å². The maximum Gasteiger partial charge on any atom is 0.0767 e. The lowest BCUT2D eigenvalue weighted by molar-refractivity contribution is 0.667. The summed E-state index contributed by atoms with van der Waals surface area (Å²) in [6, 6.07) is 8.54. The van der Waals surface area contributed by atoms with Crippen molar-refractivity contribution < 1.29 is 0 Å². The Kier molecular flexibility index (Phi) is 4.19. The van der Waals surface area contributed by atoms with Gasteiger partial charge in [-0.1, -0.05) is 19.1 Å². The predicted octanol–water partition coefficient (Wildman–Crippen LogP) is 3.57. The molecule has 2 aromatic rings. The van der Waals surface area contributed by atoms with Crippen LogP contribution in [-0.4, -0.2) is 22.9 Å².